The molecule has 0 radical (unpaired) electrons. The van der Waals surface area contributed by atoms with Gasteiger partial charge in [0.1, 0.15) is 24.4 Å². The topological polar surface area (TPSA) is 149 Å². The molecular weight excluding hydrogens is 707 g/mol. The Labute approximate surface area is 342 Å². The van der Waals surface area contributed by atoms with Crippen LogP contribution in [0.2, 0.25) is 0 Å². The molecule has 0 aromatic carbocycles. The van der Waals surface area contributed by atoms with Crippen LogP contribution in [0, 0.1) is 0 Å². The SMILES string of the molecule is CCCCCCCCC/C=C\CCCCCCCC(=O)NC(COC1OC(CO)C(O)C(O)C1O)C(O)/C=C/CC/C=C/CC/C=C/CCCCCCCCC. The molecule has 1 saturated heterocycles. The lowest BCUT2D eigenvalue weighted by Crippen LogP contribution is -2.60. The molecule has 0 spiro atoms. The first-order chi connectivity index (χ1) is 27.3. The molecule has 0 bridgehead atoms. The number of rotatable bonds is 37. The zero-order valence-electron chi connectivity index (χ0n) is 35.6. The van der Waals surface area contributed by atoms with E-state index in [4.69, 9.17) is 9.47 Å². The molecule has 0 aromatic heterocycles. The van der Waals surface area contributed by atoms with Crippen LogP contribution in [0.4, 0.5) is 0 Å². The van der Waals surface area contributed by atoms with Crippen molar-refractivity contribution in [3.8, 4) is 0 Å². The van der Waals surface area contributed by atoms with E-state index in [9.17, 15) is 30.3 Å². The number of allylic oxidation sites excluding steroid dienone is 7. The predicted octanol–water partition coefficient (Wildman–Crippen LogP) is 9.45. The number of hydrogen-bond acceptors (Lipinski definition) is 8. The lowest BCUT2D eigenvalue weighted by atomic mass is 9.99. The van der Waals surface area contributed by atoms with Crippen molar-refractivity contribution in [3.05, 3.63) is 48.6 Å². The summed E-state index contributed by atoms with van der Waals surface area (Å²) in [5, 5.41) is 54.1. The van der Waals surface area contributed by atoms with Gasteiger partial charge in [-0.1, -0.05) is 159 Å². The van der Waals surface area contributed by atoms with Gasteiger partial charge in [0.25, 0.3) is 0 Å². The van der Waals surface area contributed by atoms with Gasteiger partial charge in [-0.05, 0) is 70.6 Å². The van der Waals surface area contributed by atoms with Crippen LogP contribution in [0.1, 0.15) is 187 Å². The largest absolute Gasteiger partial charge is 0.394 e. The first-order valence-electron chi connectivity index (χ1n) is 22.9. The van der Waals surface area contributed by atoms with Crippen molar-refractivity contribution in [2.45, 2.75) is 230 Å². The zero-order valence-corrected chi connectivity index (χ0v) is 35.6. The minimum atomic E-state index is -1.58. The third kappa shape index (κ3) is 27.7. The number of carbonyl (C=O) groups is 1. The summed E-state index contributed by atoms with van der Waals surface area (Å²) >= 11 is 0. The van der Waals surface area contributed by atoms with Gasteiger partial charge in [0, 0.05) is 6.42 Å². The van der Waals surface area contributed by atoms with Crippen molar-refractivity contribution in [1.82, 2.24) is 5.32 Å². The molecule has 1 heterocycles. The van der Waals surface area contributed by atoms with Crippen LogP contribution in [0.15, 0.2) is 48.6 Å². The van der Waals surface area contributed by atoms with Gasteiger partial charge >= 0.3 is 0 Å². The van der Waals surface area contributed by atoms with Crippen LogP contribution < -0.4 is 5.32 Å². The van der Waals surface area contributed by atoms with E-state index in [1.54, 1.807) is 6.08 Å². The monoisotopic (exact) mass is 792 g/mol. The summed E-state index contributed by atoms with van der Waals surface area (Å²) in [6, 6.07) is -0.831. The van der Waals surface area contributed by atoms with E-state index in [0.29, 0.717) is 6.42 Å². The van der Waals surface area contributed by atoms with E-state index in [1.165, 1.54) is 96.3 Å². The number of nitrogens with one attached hydrogen (secondary N) is 1. The van der Waals surface area contributed by atoms with Crippen LogP contribution in [0.5, 0.6) is 0 Å². The molecule has 0 aliphatic carbocycles. The second kappa shape index (κ2) is 37.4. The maximum absolute atomic E-state index is 12.9. The average molecular weight is 792 g/mol. The molecule has 1 aliphatic heterocycles. The number of hydrogen-bond donors (Lipinski definition) is 6. The molecule has 6 N–H and O–H groups in total. The molecule has 0 aromatic rings. The van der Waals surface area contributed by atoms with Crippen LogP contribution in [-0.4, -0.2) is 87.5 Å². The maximum Gasteiger partial charge on any atom is 0.220 e. The molecule has 56 heavy (non-hydrogen) atoms. The third-order valence-corrected chi connectivity index (χ3v) is 10.6. The lowest BCUT2D eigenvalue weighted by Gasteiger charge is -2.40. The van der Waals surface area contributed by atoms with Gasteiger partial charge in [-0.15, -0.1) is 0 Å². The highest BCUT2D eigenvalue weighted by Crippen LogP contribution is 2.22. The Bertz CT molecular complexity index is 1010. The molecule has 0 saturated carbocycles. The molecule has 7 unspecified atom stereocenters. The van der Waals surface area contributed by atoms with E-state index in [1.807, 2.05) is 6.08 Å². The van der Waals surface area contributed by atoms with Gasteiger partial charge in [-0.2, -0.15) is 0 Å². The van der Waals surface area contributed by atoms with Crippen molar-refractivity contribution in [1.29, 1.82) is 0 Å². The molecule has 1 rings (SSSR count). The van der Waals surface area contributed by atoms with Gasteiger partial charge in [0.2, 0.25) is 5.91 Å². The van der Waals surface area contributed by atoms with Gasteiger partial charge in [-0.25, -0.2) is 0 Å². The number of aliphatic hydroxyl groups excluding tert-OH is 5. The second-order valence-corrected chi connectivity index (χ2v) is 15.8. The van der Waals surface area contributed by atoms with Gasteiger partial charge in [0.15, 0.2) is 6.29 Å². The summed E-state index contributed by atoms with van der Waals surface area (Å²) in [5.74, 6) is -0.201. The van der Waals surface area contributed by atoms with E-state index in [2.05, 4.69) is 55.6 Å². The van der Waals surface area contributed by atoms with Crippen LogP contribution in [-0.2, 0) is 14.3 Å². The van der Waals surface area contributed by atoms with Crippen LogP contribution in [0.25, 0.3) is 0 Å². The number of amides is 1. The highest BCUT2D eigenvalue weighted by Gasteiger charge is 2.44. The molecule has 1 amide bonds. The Morgan fingerprint density at radius 1 is 0.589 bits per heavy atom. The quantitative estimate of drug-likeness (QED) is 0.0269. The van der Waals surface area contributed by atoms with Crippen molar-refractivity contribution >= 4 is 5.91 Å². The summed E-state index contributed by atoms with van der Waals surface area (Å²) in [6.45, 7) is 3.73. The standard InChI is InChI=1S/C47H85NO8/c1-3-5-7-9-11-13-15-17-19-21-22-24-26-28-30-32-34-36-41(50)40(39-55-47-46(54)45(53)44(52)42(38-49)56-47)48-43(51)37-35-33-31-29-27-25-23-20-18-16-14-12-10-8-6-4-2/h19-21,23,26,28,34,36,40-42,44-47,49-50,52-54H,3-18,22,24-25,27,29-33,35,37-39H2,1-2H3,(H,48,51)/b21-19+,23-20-,28-26+,36-34+. The minimum Gasteiger partial charge on any atom is -0.394 e. The summed E-state index contributed by atoms with van der Waals surface area (Å²) in [4.78, 5) is 12.9. The Balaban J connectivity index is 2.42. The zero-order chi connectivity index (χ0) is 40.9. The fourth-order valence-electron chi connectivity index (χ4n) is 6.89. The molecular formula is C47H85NO8. The second-order valence-electron chi connectivity index (χ2n) is 15.8. The fourth-order valence-corrected chi connectivity index (χ4v) is 6.89. The Morgan fingerprint density at radius 3 is 1.50 bits per heavy atom. The summed E-state index contributed by atoms with van der Waals surface area (Å²) in [7, 11) is 0. The van der Waals surface area contributed by atoms with Crippen LogP contribution >= 0.6 is 0 Å². The molecule has 1 fully saturated rings. The Kier molecular flexibility index (Phi) is 34.9. The normalized spacial score (nSPS) is 21.6. The van der Waals surface area contributed by atoms with Gasteiger partial charge < -0.3 is 40.3 Å². The van der Waals surface area contributed by atoms with Gasteiger partial charge in [-0.3, -0.25) is 4.79 Å². The van der Waals surface area contributed by atoms with Gasteiger partial charge in [0.05, 0.1) is 25.4 Å². The highest BCUT2D eigenvalue weighted by molar-refractivity contribution is 5.76. The number of aliphatic hydroxyl groups is 5. The van der Waals surface area contributed by atoms with Crippen LogP contribution in [0.3, 0.4) is 0 Å². The molecule has 1 aliphatic rings. The predicted molar refractivity (Wildman–Crippen MR) is 230 cm³/mol. The van der Waals surface area contributed by atoms with E-state index in [0.717, 1.165) is 70.6 Å². The smallest absolute Gasteiger partial charge is 0.220 e. The minimum absolute atomic E-state index is 0.201. The summed E-state index contributed by atoms with van der Waals surface area (Å²) < 4.78 is 11.2. The van der Waals surface area contributed by atoms with Crippen molar-refractivity contribution in [3.63, 3.8) is 0 Å². The highest BCUT2D eigenvalue weighted by atomic mass is 16.7. The molecule has 326 valence electrons. The third-order valence-electron chi connectivity index (χ3n) is 10.6. The number of ether oxygens (including phenoxy) is 2. The molecule has 9 nitrogen and oxygen atoms in total. The van der Waals surface area contributed by atoms with Crippen molar-refractivity contribution < 1.29 is 39.8 Å². The molecule has 9 heteroatoms. The Morgan fingerprint density at radius 2 is 1.02 bits per heavy atom. The number of carbonyl (C=O) groups excluding carboxylic acids is 1. The average Bonchev–Trinajstić information content (AvgIpc) is 3.20. The maximum atomic E-state index is 12.9. The van der Waals surface area contributed by atoms with E-state index < -0.39 is 49.5 Å². The fraction of sp³-hybridized carbons (Fsp3) is 0.809. The summed E-state index contributed by atoms with van der Waals surface area (Å²) in [6.07, 6.45) is 40.1. The Hall–Kier alpha value is -1.85. The first kappa shape index (κ1) is 52.2. The van der Waals surface area contributed by atoms with E-state index in [-0.39, 0.29) is 12.5 Å². The first-order valence-corrected chi connectivity index (χ1v) is 22.9. The molecule has 7 atom stereocenters. The number of unbranched alkanes of at least 4 members (excludes halogenated alkanes) is 21. The van der Waals surface area contributed by atoms with Crippen molar-refractivity contribution in [2.24, 2.45) is 0 Å². The summed E-state index contributed by atoms with van der Waals surface area (Å²) in [5.41, 5.74) is 0. The lowest BCUT2D eigenvalue weighted by molar-refractivity contribution is -0.302. The van der Waals surface area contributed by atoms with E-state index >= 15 is 0 Å². The van der Waals surface area contributed by atoms with Crippen molar-refractivity contribution in [2.75, 3.05) is 13.2 Å².